The van der Waals surface area contributed by atoms with Gasteiger partial charge in [0.25, 0.3) is 5.69 Å². The summed E-state index contributed by atoms with van der Waals surface area (Å²) in [5.74, 6) is -1.61. The van der Waals surface area contributed by atoms with Gasteiger partial charge in [0.15, 0.2) is 11.6 Å². The van der Waals surface area contributed by atoms with Gasteiger partial charge in [-0.15, -0.1) is 0 Å². The van der Waals surface area contributed by atoms with Crippen LogP contribution in [0.2, 0.25) is 0 Å². The van der Waals surface area contributed by atoms with Crippen LogP contribution in [-0.4, -0.2) is 4.92 Å². The van der Waals surface area contributed by atoms with Crippen LogP contribution in [0.1, 0.15) is 11.1 Å². The first-order valence-electron chi connectivity index (χ1n) is 6.04. The highest BCUT2D eigenvalue weighted by Gasteiger charge is 2.18. The average molecular weight is 294 g/mol. The second-order valence-corrected chi connectivity index (χ2v) is 4.35. The molecule has 2 aromatic carbocycles. The van der Waals surface area contributed by atoms with E-state index in [4.69, 9.17) is 10.5 Å². The minimum atomic E-state index is -0.903. The third-order valence-corrected chi connectivity index (χ3v) is 2.95. The lowest BCUT2D eigenvalue weighted by Crippen LogP contribution is -2.03. The highest BCUT2D eigenvalue weighted by Crippen LogP contribution is 2.32. The minimum absolute atomic E-state index is 0.0738. The highest BCUT2D eigenvalue weighted by atomic mass is 19.1. The summed E-state index contributed by atoms with van der Waals surface area (Å²) in [7, 11) is 0. The lowest BCUT2D eigenvalue weighted by Gasteiger charge is -2.12. The molecule has 0 unspecified atom stereocenters. The molecule has 0 heterocycles. The molecule has 2 aromatic rings. The quantitative estimate of drug-likeness (QED) is 0.692. The van der Waals surface area contributed by atoms with Crippen molar-refractivity contribution in [3.8, 4) is 11.5 Å². The summed E-state index contributed by atoms with van der Waals surface area (Å²) in [6.45, 7) is 1.34. The summed E-state index contributed by atoms with van der Waals surface area (Å²) in [4.78, 5) is 10.0. The standard InChI is InChI=1S/C14H12F2N2O3/c1-8-5-14(11(16)6-12(8)18(19)20)21-13-4-2-3-10(15)9(13)7-17/h2-6H,7,17H2,1H3. The van der Waals surface area contributed by atoms with Gasteiger partial charge < -0.3 is 10.5 Å². The van der Waals surface area contributed by atoms with E-state index in [0.717, 1.165) is 6.07 Å². The summed E-state index contributed by atoms with van der Waals surface area (Å²) in [6.07, 6.45) is 0. The van der Waals surface area contributed by atoms with Crippen molar-refractivity contribution >= 4 is 5.69 Å². The molecular weight excluding hydrogens is 282 g/mol. The van der Waals surface area contributed by atoms with Crippen LogP contribution in [0.15, 0.2) is 30.3 Å². The van der Waals surface area contributed by atoms with Gasteiger partial charge in [0.1, 0.15) is 11.6 Å². The fourth-order valence-corrected chi connectivity index (χ4v) is 1.87. The Bertz CT molecular complexity index is 705. The molecule has 2 rings (SSSR count). The molecule has 0 amide bonds. The Morgan fingerprint density at radius 1 is 1.24 bits per heavy atom. The van der Waals surface area contributed by atoms with Crippen LogP contribution >= 0.6 is 0 Å². The minimum Gasteiger partial charge on any atom is -0.454 e. The number of nitro groups is 1. The summed E-state index contributed by atoms with van der Waals surface area (Å²) >= 11 is 0. The van der Waals surface area contributed by atoms with E-state index in [1.165, 1.54) is 31.2 Å². The summed E-state index contributed by atoms with van der Waals surface area (Å²) < 4.78 is 32.7. The summed E-state index contributed by atoms with van der Waals surface area (Å²) in [5.41, 5.74) is 5.43. The fraction of sp³-hybridized carbons (Fsp3) is 0.143. The molecule has 0 aliphatic heterocycles. The van der Waals surface area contributed by atoms with Gasteiger partial charge in [-0.25, -0.2) is 8.78 Å². The molecule has 0 aliphatic rings. The Balaban J connectivity index is 2.43. The van der Waals surface area contributed by atoms with Crippen LogP contribution in [0.3, 0.4) is 0 Å². The van der Waals surface area contributed by atoms with Crippen LogP contribution in [0.5, 0.6) is 11.5 Å². The monoisotopic (exact) mass is 294 g/mol. The first-order chi connectivity index (χ1) is 9.93. The van der Waals surface area contributed by atoms with Crippen LogP contribution in [0.4, 0.5) is 14.5 Å². The molecule has 0 saturated carbocycles. The molecule has 0 fully saturated rings. The predicted molar refractivity (Wildman–Crippen MR) is 72.2 cm³/mol. The number of aryl methyl sites for hydroxylation is 1. The van der Waals surface area contributed by atoms with Crippen molar-refractivity contribution in [3.05, 3.63) is 63.2 Å². The molecule has 2 N–H and O–H groups in total. The maximum absolute atomic E-state index is 13.9. The predicted octanol–water partition coefficient (Wildman–Crippen LogP) is 3.43. The van der Waals surface area contributed by atoms with E-state index in [0.29, 0.717) is 0 Å². The highest BCUT2D eigenvalue weighted by molar-refractivity contribution is 5.47. The average Bonchev–Trinajstić information content (AvgIpc) is 2.42. The van der Waals surface area contributed by atoms with Gasteiger partial charge in [-0.05, 0) is 25.1 Å². The largest absolute Gasteiger partial charge is 0.454 e. The Kier molecular flexibility index (Phi) is 4.13. The van der Waals surface area contributed by atoms with Crippen molar-refractivity contribution in [2.75, 3.05) is 0 Å². The van der Waals surface area contributed by atoms with Crippen molar-refractivity contribution in [1.29, 1.82) is 0 Å². The third kappa shape index (κ3) is 2.97. The molecule has 110 valence electrons. The Labute approximate surface area is 119 Å². The van der Waals surface area contributed by atoms with Gasteiger partial charge in [-0.1, -0.05) is 6.07 Å². The second kappa shape index (κ2) is 5.84. The van der Waals surface area contributed by atoms with E-state index in [-0.39, 0.29) is 34.9 Å². The zero-order chi connectivity index (χ0) is 15.6. The normalized spacial score (nSPS) is 10.5. The molecule has 7 heteroatoms. The fourth-order valence-electron chi connectivity index (χ4n) is 1.87. The van der Waals surface area contributed by atoms with Crippen molar-refractivity contribution in [2.45, 2.75) is 13.5 Å². The molecule has 21 heavy (non-hydrogen) atoms. The van der Waals surface area contributed by atoms with Gasteiger partial charge >= 0.3 is 0 Å². The SMILES string of the molecule is Cc1cc(Oc2cccc(F)c2CN)c(F)cc1[N+](=O)[O-]. The summed E-state index contributed by atoms with van der Waals surface area (Å²) in [6, 6.07) is 6.03. The molecule has 0 spiro atoms. The zero-order valence-electron chi connectivity index (χ0n) is 11.1. The molecule has 5 nitrogen and oxygen atoms in total. The van der Waals surface area contributed by atoms with Crippen LogP contribution in [0, 0.1) is 28.7 Å². The molecule has 0 aromatic heterocycles. The number of hydrogen-bond acceptors (Lipinski definition) is 4. The van der Waals surface area contributed by atoms with Gasteiger partial charge in [0, 0.05) is 17.7 Å². The Morgan fingerprint density at radius 2 is 1.95 bits per heavy atom. The lowest BCUT2D eigenvalue weighted by atomic mass is 10.1. The number of hydrogen-bond donors (Lipinski definition) is 1. The van der Waals surface area contributed by atoms with E-state index in [1.807, 2.05) is 0 Å². The first-order valence-corrected chi connectivity index (χ1v) is 6.04. The van der Waals surface area contributed by atoms with Crippen molar-refractivity contribution in [3.63, 3.8) is 0 Å². The van der Waals surface area contributed by atoms with E-state index >= 15 is 0 Å². The van der Waals surface area contributed by atoms with Crippen LogP contribution in [0.25, 0.3) is 0 Å². The van der Waals surface area contributed by atoms with Crippen LogP contribution < -0.4 is 10.5 Å². The van der Waals surface area contributed by atoms with E-state index < -0.39 is 16.6 Å². The maximum Gasteiger partial charge on any atom is 0.275 e. The Hall–Kier alpha value is -2.54. The zero-order valence-corrected chi connectivity index (χ0v) is 11.1. The summed E-state index contributed by atoms with van der Waals surface area (Å²) in [5, 5.41) is 10.7. The molecular formula is C14H12F2N2O3. The number of nitrogens with two attached hydrogens (primary N) is 1. The number of nitrogens with zero attached hydrogens (tertiary/aromatic N) is 1. The number of rotatable bonds is 4. The van der Waals surface area contributed by atoms with Crippen LogP contribution in [-0.2, 0) is 6.54 Å². The van der Waals surface area contributed by atoms with E-state index in [2.05, 4.69) is 0 Å². The van der Waals surface area contributed by atoms with E-state index in [1.54, 1.807) is 0 Å². The van der Waals surface area contributed by atoms with Gasteiger partial charge in [0.2, 0.25) is 0 Å². The number of nitro benzene ring substituents is 1. The Morgan fingerprint density at radius 3 is 2.57 bits per heavy atom. The molecule has 0 saturated heterocycles. The molecule has 0 radical (unpaired) electrons. The van der Waals surface area contributed by atoms with Gasteiger partial charge in [-0.3, -0.25) is 10.1 Å². The molecule has 0 bridgehead atoms. The lowest BCUT2D eigenvalue weighted by molar-refractivity contribution is -0.385. The second-order valence-electron chi connectivity index (χ2n) is 4.35. The number of ether oxygens (including phenoxy) is 1. The third-order valence-electron chi connectivity index (χ3n) is 2.95. The number of benzene rings is 2. The number of halogens is 2. The first kappa shape index (κ1) is 14.9. The topological polar surface area (TPSA) is 78.4 Å². The van der Waals surface area contributed by atoms with Gasteiger partial charge in [-0.2, -0.15) is 0 Å². The van der Waals surface area contributed by atoms with E-state index in [9.17, 15) is 18.9 Å². The van der Waals surface area contributed by atoms with Crippen molar-refractivity contribution < 1.29 is 18.4 Å². The molecule has 0 aliphatic carbocycles. The van der Waals surface area contributed by atoms with Crippen molar-refractivity contribution in [2.24, 2.45) is 5.73 Å². The maximum atomic E-state index is 13.9. The molecule has 0 atom stereocenters. The van der Waals surface area contributed by atoms with Gasteiger partial charge in [0.05, 0.1) is 11.0 Å². The van der Waals surface area contributed by atoms with Crippen molar-refractivity contribution in [1.82, 2.24) is 0 Å². The smallest absolute Gasteiger partial charge is 0.275 e.